The van der Waals surface area contributed by atoms with Crippen molar-refractivity contribution in [3.63, 3.8) is 0 Å². The van der Waals surface area contributed by atoms with E-state index in [9.17, 15) is 0 Å². The van der Waals surface area contributed by atoms with Gasteiger partial charge in [0.1, 0.15) is 5.82 Å². The fourth-order valence-corrected chi connectivity index (χ4v) is 2.12. The Morgan fingerprint density at radius 3 is 2.40 bits per heavy atom. The summed E-state index contributed by atoms with van der Waals surface area (Å²) in [7, 11) is 0. The van der Waals surface area contributed by atoms with Gasteiger partial charge in [0.15, 0.2) is 0 Å². The lowest BCUT2D eigenvalue weighted by molar-refractivity contribution is 0.219. The summed E-state index contributed by atoms with van der Waals surface area (Å²) in [6.45, 7) is 7.81. The Morgan fingerprint density at radius 2 is 1.87 bits per heavy atom. The Morgan fingerprint density at radius 1 is 1.27 bits per heavy atom. The fraction of sp³-hybridized carbons (Fsp3) is 0.667. The lowest BCUT2D eigenvalue weighted by Crippen LogP contribution is -2.33. The van der Waals surface area contributed by atoms with E-state index in [4.69, 9.17) is 0 Å². The van der Waals surface area contributed by atoms with E-state index in [2.05, 4.69) is 21.8 Å². The molecule has 82 valence electrons. The summed E-state index contributed by atoms with van der Waals surface area (Å²) in [5, 5.41) is 0. The van der Waals surface area contributed by atoms with Crippen LogP contribution in [0.3, 0.4) is 0 Å². The number of piperidine rings is 1. The summed E-state index contributed by atoms with van der Waals surface area (Å²) < 4.78 is 0. The molecule has 3 heteroatoms. The largest absolute Gasteiger partial charge is 0.304 e. The van der Waals surface area contributed by atoms with Crippen LogP contribution >= 0.6 is 0 Å². The van der Waals surface area contributed by atoms with Crippen LogP contribution in [0.25, 0.3) is 0 Å². The third kappa shape index (κ3) is 2.53. The zero-order chi connectivity index (χ0) is 10.7. The molecule has 1 aromatic heterocycles. The van der Waals surface area contributed by atoms with Crippen molar-refractivity contribution in [2.45, 2.75) is 32.6 Å². The van der Waals surface area contributed by atoms with E-state index in [0.717, 1.165) is 11.4 Å². The van der Waals surface area contributed by atoms with Gasteiger partial charge in [-0.2, -0.15) is 0 Å². The second-order valence-corrected chi connectivity index (χ2v) is 4.33. The van der Waals surface area contributed by atoms with Crippen molar-refractivity contribution in [3.05, 3.63) is 23.8 Å². The van der Waals surface area contributed by atoms with Gasteiger partial charge in [-0.3, -0.25) is 0 Å². The first-order valence-corrected chi connectivity index (χ1v) is 5.80. The van der Waals surface area contributed by atoms with Crippen LogP contribution in [0.4, 0.5) is 0 Å². The SMILES string of the molecule is CCN1CCC(c2ncc(C)cn2)CC1. The van der Waals surface area contributed by atoms with Gasteiger partial charge in [-0.05, 0) is 45.0 Å². The Balaban J connectivity index is 1.98. The number of nitrogens with zero attached hydrogens (tertiary/aromatic N) is 3. The summed E-state index contributed by atoms with van der Waals surface area (Å²) in [5.41, 5.74) is 1.14. The smallest absolute Gasteiger partial charge is 0.131 e. The molecule has 0 radical (unpaired) electrons. The molecule has 3 nitrogen and oxygen atoms in total. The molecule has 1 fully saturated rings. The van der Waals surface area contributed by atoms with Crippen LogP contribution < -0.4 is 0 Å². The second-order valence-electron chi connectivity index (χ2n) is 4.33. The predicted molar refractivity (Wildman–Crippen MR) is 60.9 cm³/mol. The molecule has 2 rings (SSSR count). The van der Waals surface area contributed by atoms with Gasteiger partial charge in [-0.25, -0.2) is 9.97 Å². The van der Waals surface area contributed by atoms with Crippen molar-refractivity contribution in [2.24, 2.45) is 0 Å². The Hall–Kier alpha value is -0.960. The molecule has 0 N–H and O–H groups in total. The molecule has 1 aromatic rings. The van der Waals surface area contributed by atoms with Gasteiger partial charge in [0, 0.05) is 18.3 Å². The number of aryl methyl sites for hydroxylation is 1. The minimum atomic E-state index is 0.577. The number of hydrogen-bond acceptors (Lipinski definition) is 3. The highest BCUT2D eigenvalue weighted by molar-refractivity contribution is 5.05. The number of likely N-dealkylation sites (tertiary alicyclic amines) is 1. The highest BCUT2D eigenvalue weighted by atomic mass is 15.1. The average molecular weight is 205 g/mol. The maximum Gasteiger partial charge on any atom is 0.131 e. The molecule has 0 amide bonds. The van der Waals surface area contributed by atoms with E-state index in [-0.39, 0.29) is 0 Å². The van der Waals surface area contributed by atoms with Crippen LogP contribution in [0.1, 0.15) is 37.1 Å². The summed E-state index contributed by atoms with van der Waals surface area (Å²) in [6.07, 6.45) is 6.26. The van der Waals surface area contributed by atoms with Crippen molar-refractivity contribution in [1.82, 2.24) is 14.9 Å². The van der Waals surface area contributed by atoms with Crippen molar-refractivity contribution in [1.29, 1.82) is 0 Å². The number of aromatic nitrogens is 2. The van der Waals surface area contributed by atoms with Gasteiger partial charge in [-0.1, -0.05) is 6.92 Å². The maximum absolute atomic E-state index is 4.42. The van der Waals surface area contributed by atoms with Crippen LogP contribution in [0.15, 0.2) is 12.4 Å². The normalized spacial score (nSPS) is 19.3. The lowest BCUT2D eigenvalue weighted by atomic mass is 9.96. The molecule has 0 aromatic carbocycles. The number of hydrogen-bond donors (Lipinski definition) is 0. The average Bonchev–Trinajstić information content (AvgIpc) is 2.30. The quantitative estimate of drug-likeness (QED) is 0.739. The van der Waals surface area contributed by atoms with Crippen molar-refractivity contribution in [3.8, 4) is 0 Å². The monoisotopic (exact) mass is 205 g/mol. The van der Waals surface area contributed by atoms with Crippen molar-refractivity contribution >= 4 is 0 Å². The van der Waals surface area contributed by atoms with Crippen LogP contribution in [0.5, 0.6) is 0 Å². The maximum atomic E-state index is 4.42. The van der Waals surface area contributed by atoms with Crippen LogP contribution in [0.2, 0.25) is 0 Å². The molecule has 0 unspecified atom stereocenters. The molecule has 2 heterocycles. The van der Waals surface area contributed by atoms with E-state index < -0.39 is 0 Å². The fourth-order valence-electron chi connectivity index (χ4n) is 2.12. The van der Waals surface area contributed by atoms with E-state index in [0.29, 0.717) is 5.92 Å². The van der Waals surface area contributed by atoms with Crippen LogP contribution in [-0.4, -0.2) is 34.5 Å². The van der Waals surface area contributed by atoms with Gasteiger partial charge < -0.3 is 4.90 Å². The molecule has 0 aliphatic carbocycles. The van der Waals surface area contributed by atoms with Crippen molar-refractivity contribution in [2.75, 3.05) is 19.6 Å². The third-order valence-electron chi connectivity index (χ3n) is 3.20. The highest BCUT2D eigenvalue weighted by Crippen LogP contribution is 2.24. The van der Waals surface area contributed by atoms with Crippen molar-refractivity contribution < 1.29 is 0 Å². The summed E-state index contributed by atoms with van der Waals surface area (Å²) in [6, 6.07) is 0. The van der Waals surface area contributed by atoms with E-state index in [1.165, 1.54) is 32.5 Å². The Labute approximate surface area is 91.5 Å². The van der Waals surface area contributed by atoms with Gasteiger partial charge in [0.25, 0.3) is 0 Å². The highest BCUT2D eigenvalue weighted by Gasteiger charge is 2.21. The molecule has 0 spiro atoms. The second kappa shape index (κ2) is 4.71. The molecule has 0 bridgehead atoms. The zero-order valence-corrected chi connectivity index (χ0v) is 9.61. The van der Waals surface area contributed by atoms with Crippen LogP contribution in [0, 0.1) is 6.92 Å². The van der Waals surface area contributed by atoms with E-state index in [1.807, 2.05) is 19.3 Å². The summed E-state index contributed by atoms with van der Waals surface area (Å²) in [4.78, 5) is 11.3. The van der Waals surface area contributed by atoms with E-state index >= 15 is 0 Å². The third-order valence-corrected chi connectivity index (χ3v) is 3.20. The molecule has 15 heavy (non-hydrogen) atoms. The molecule has 1 saturated heterocycles. The predicted octanol–water partition coefficient (Wildman–Crippen LogP) is 1.98. The van der Waals surface area contributed by atoms with Gasteiger partial charge in [-0.15, -0.1) is 0 Å². The summed E-state index contributed by atoms with van der Waals surface area (Å²) >= 11 is 0. The first-order valence-electron chi connectivity index (χ1n) is 5.80. The van der Waals surface area contributed by atoms with Gasteiger partial charge >= 0.3 is 0 Å². The molecule has 0 atom stereocenters. The standard InChI is InChI=1S/C12H19N3/c1-3-15-6-4-11(5-7-15)12-13-8-10(2)9-14-12/h8-9,11H,3-7H2,1-2H3. The first kappa shape index (κ1) is 10.6. The molecular weight excluding hydrogens is 186 g/mol. The molecule has 1 aliphatic heterocycles. The molecular formula is C12H19N3. The Bertz CT molecular complexity index is 299. The van der Waals surface area contributed by atoms with Gasteiger partial charge in [0.05, 0.1) is 0 Å². The first-order chi connectivity index (χ1) is 7.29. The summed E-state index contributed by atoms with van der Waals surface area (Å²) in [5.74, 6) is 1.62. The van der Waals surface area contributed by atoms with Crippen LogP contribution in [-0.2, 0) is 0 Å². The molecule has 0 saturated carbocycles. The lowest BCUT2D eigenvalue weighted by Gasteiger charge is -2.30. The minimum Gasteiger partial charge on any atom is -0.304 e. The molecule has 1 aliphatic rings. The van der Waals surface area contributed by atoms with Gasteiger partial charge in [0.2, 0.25) is 0 Å². The minimum absolute atomic E-state index is 0.577. The van der Waals surface area contributed by atoms with E-state index in [1.54, 1.807) is 0 Å². The zero-order valence-electron chi connectivity index (χ0n) is 9.61. The topological polar surface area (TPSA) is 29.0 Å². The number of rotatable bonds is 2. The Kier molecular flexibility index (Phi) is 3.31.